The van der Waals surface area contributed by atoms with Gasteiger partial charge in [-0.15, -0.1) is 0 Å². The Balaban J connectivity index is 0.000000603. The molecule has 0 fully saturated rings. The standard InChI is InChI=1S/C22H20N2O5.C3H8.C2H6/c1-3-12-13-7-11(25)5-6-17(13)23-19-14(12)9-24-18(19)8-16-15(20(24)26)10-29-21(27)22(16,28)4-2;1-3-2;1-2/h5-8,25,28H,3-4,9-10H2,1-2H3;3H2,1-2H3;1-2H3/t22-;;/m0../s1. The van der Waals surface area contributed by atoms with Crippen LogP contribution in [-0.2, 0) is 34.7 Å². The minimum atomic E-state index is -1.83. The molecule has 4 heterocycles. The number of nitrogens with zero attached hydrogens (tertiary/aromatic N) is 2. The maximum Gasteiger partial charge on any atom is 0.343 e. The van der Waals surface area contributed by atoms with E-state index in [4.69, 9.17) is 9.72 Å². The average molecular weight is 467 g/mol. The Morgan fingerprint density at radius 3 is 2.38 bits per heavy atom. The lowest BCUT2D eigenvalue weighted by Crippen LogP contribution is -2.44. The highest BCUT2D eigenvalue weighted by Crippen LogP contribution is 2.40. The number of aryl methyl sites for hydroxylation is 1. The number of phenolic OH excluding ortho intramolecular Hbond substituents is 1. The van der Waals surface area contributed by atoms with Gasteiger partial charge in [0.25, 0.3) is 5.56 Å². The number of fused-ring (bicyclic) bond motifs is 5. The van der Waals surface area contributed by atoms with Crippen LogP contribution in [0, 0.1) is 0 Å². The Morgan fingerprint density at radius 2 is 1.76 bits per heavy atom. The predicted octanol–water partition coefficient (Wildman–Crippen LogP) is 4.79. The molecule has 7 nitrogen and oxygen atoms in total. The van der Waals surface area contributed by atoms with Gasteiger partial charge in [-0.1, -0.05) is 48.0 Å². The number of phenols is 1. The van der Waals surface area contributed by atoms with E-state index in [9.17, 15) is 19.8 Å². The van der Waals surface area contributed by atoms with Gasteiger partial charge in [-0.05, 0) is 42.7 Å². The van der Waals surface area contributed by atoms with E-state index in [0.29, 0.717) is 35.5 Å². The number of carbonyl (C=O) groups is 1. The number of hydrogen-bond acceptors (Lipinski definition) is 6. The first-order valence-corrected chi connectivity index (χ1v) is 12.1. The molecule has 0 amide bonds. The van der Waals surface area contributed by atoms with Crippen molar-refractivity contribution >= 4 is 16.9 Å². The highest BCUT2D eigenvalue weighted by molar-refractivity contribution is 5.89. The Morgan fingerprint density at radius 1 is 1.09 bits per heavy atom. The van der Waals surface area contributed by atoms with E-state index in [0.717, 1.165) is 22.0 Å². The summed E-state index contributed by atoms with van der Waals surface area (Å²) >= 11 is 0. The molecule has 1 aromatic carbocycles. The van der Waals surface area contributed by atoms with E-state index in [1.807, 2.05) is 20.8 Å². The largest absolute Gasteiger partial charge is 0.508 e. The summed E-state index contributed by atoms with van der Waals surface area (Å²) in [5.74, 6) is -0.563. The average Bonchev–Trinajstić information content (AvgIpc) is 3.21. The summed E-state index contributed by atoms with van der Waals surface area (Å²) in [4.78, 5) is 30.2. The van der Waals surface area contributed by atoms with Crippen molar-refractivity contribution in [3.05, 3.63) is 56.9 Å². The summed E-state index contributed by atoms with van der Waals surface area (Å²) in [5, 5.41) is 21.7. The second kappa shape index (κ2) is 9.97. The van der Waals surface area contributed by atoms with E-state index < -0.39 is 11.6 Å². The summed E-state index contributed by atoms with van der Waals surface area (Å²) in [6.45, 7) is 12.2. The van der Waals surface area contributed by atoms with Crippen LogP contribution >= 0.6 is 0 Å². The predicted molar refractivity (Wildman–Crippen MR) is 133 cm³/mol. The summed E-state index contributed by atoms with van der Waals surface area (Å²) in [6.07, 6.45) is 2.08. The Labute approximate surface area is 200 Å². The summed E-state index contributed by atoms with van der Waals surface area (Å²) in [6, 6.07) is 6.75. The van der Waals surface area contributed by atoms with Crippen LogP contribution in [0.2, 0.25) is 0 Å². The molecule has 34 heavy (non-hydrogen) atoms. The normalized spacial score (nSPS) is 17.4. The fraction of sp³-hybridized carbons (Fsp3) is 0.444. The molecular formula is C27H34N2O5. The SMILES string of the molecule is CC.CCC.CCc1c2c(nc3ccc(O)cc13)-c1cc3c(c(=O)n1C2)COC(=O)[C@]3(O)CC. The fourth-order valence-electron chi connectivity index (χ4n) is 4.55. The van der Waals surface area contributed by atoms with E-state index in [1.165, 1.54) is 6.42 Å². The topological polar surface area (TPSA) is 102 Å². The molecular weight excluding hydrogens is 432 g/mol. The second-order valence-corrected chi connectivity index (χ2v) is 8.28. The van der Waals surface area contributed by atoms with Crippen molar-refractivity contribution in [2.75, 3.05) is 0 Å². The first-order valence-electron chi connectivity index (χ1n) is 12.1. The quantitative estimate of drug-likeness (QED) is 0.412. The molecule has 7 heteroatoms. The number of esters is 1. The van der Waals surface area contributed by atoms with Crippen LogP contribution in [0.5, 0.6) is 5.75 Å². The number of aromatic nitrogens is 2. The van der Waals surface area contributed by atoms with Crippen LogP contribution < -0.4 is 5.56 Å². The second-order valence-electron chi connectivity index (χ2n) is 8.28. The van der Waals surface area contributed by atoms with Crippen LogP contribution in [0.1, 0.15) is 76.6 Å². The lowest BCUT2D eigenvalue weighted by Gasteiger charge is -2.31. The van der Waals surface area contributed by atoms with Crippen LogP contribution in [-0.4, -0.2) is 25.7 Å². The smallest absolute Gasteiger partial charge is 0.343 e. The number of benzene rings is 1. The van der Waals surface area contributed by atoms with E-state index in [-0.39, 0.29) is 24.3 Å². The van der Waals surface area contributed by atoms with Gasteiger partial charge in [0.05, 0.1) is 29.0 Å². The van der Waals surface area contributed by atoms with Gasteiger partial charge >= 0.3 is 5.97 Å². The maximum atomic E-state index is 13.2. The highest BCUT2D eigenvalue weighted by Gasteiger charge is 2.45. The first-order chi connectivity index (χ1) is 16.3. The van der Waals surface area contributed by atoms with E-state index in [1.54, 1.807) is 35.8 Å². The molecule has 2 aromatic heterocycles. The van der Waals surface area contributed by atoms with Crippen molar-refractivity contribution in [2.45, 2.75) is 79.6 Å². The van der Waals surface area contributed by atoms with Crippen molar-refractivity contribution < 1.29 is 19.7 Å². The molecule has 2 N–H and O–H groups in total. The number of cyclic esters (lactones) is 1. The number of rotatable bonds is 2. The van der Waals surface area contributed by atoms with Gasteiger partial charge in [-0.3, -0.25) is 4.79 Å². The molecule has 0 spiro atoms. The van der Waals surface area contributed by atoms with Crippen molar-refractivity contribution in [3.8, 4) is 17.1 Å². The minimum Gasteiger partial charge on any atom is -0.508 e. The van der Waals surface area contributed by atoms with Crippen molar-refractivity contribution in [1.82, 2.24) is 9.55 Å². The van der Waals surface area contributed by atoms with Crippen LogP contribution in [0.15, 0.2) is 29.1 Å². The molecule has 2 aliphatic heterocycles. The maximum absolute atomic E-state index is 13.2. The van der Waals surface area contributed by atoms with Crippen molar-refractivity contribution in [1.29, 1.82) is 0 Å². The van der Waals surface area contributed by atoms with Gasteiger partial charge < -0.3 is 19.5 Å². The number of aromatic hydroxyl groups is 1. The molecule has 2 aliphatic rings. The molecule has 0 bridgehead atoms. The van der Waals surface area contributed by atoms with E-state index >= 15 is 0 Å². The number of ether oxygens (including phenoxy) is 1. The highest BCUT2D eigenvalue weighted by atomic mass is 16.6. The van der Waals surface area contributed by atoms with E-state index in [2.05, 4.69) is 13.8 Å². The molecule has 0 saturated carbocycles. The lowest BCUT2D eigenvalue weighted by molar-refractivity contribution is -0.172. The molecule has 1 atom stereocenters. The van der Waals surface area contributed by atoms with Gasteiger partial charge in [0.2, 0.25) is 0 Å². The third kappa shape index (κ3) is 3.88. The molecule has 0 unspecified atom stereocenters. The Hall–Kier alpha value is -3.19. The zero-order valence-electron chi connectivity index (χ0n) is 20.9. The third-order valence-corrected chi connectivity index (χ3v) is 6.14. The van der Waals surface area contributed by atoms with Gasteiger partial charge in [-0.25, -0.2) is 9.78 Å². The molecule has 0 aliphatic carbocycles. The summed E-state index contributed by atoms with van der Waals surface area (Å²) < 4.78 is 6.73. The van der Waals surface area contributed by atoms with Crippen LogP contribution in [0.3, 0.4) is 0 Å². The van der Waals surface area contributed by atoms with Crippen molar-refractivity contribution in [3.63, 3.8) is 0 Å². The zero-order valence-corrected chi connectivity index (χ0v) is 20.9. The molecule has 5 rings (SSSR count). The van der Waals surface area contributed by atoms with Gasteiger partial charge in [0.1, 0.15) is 12.4 Å². The van der Waals surface area contributed by atoms with Gasteiger partial charge in [-0.2, -0.15) is 0 Å². The third-order valence-electron chi connectivity index (χ3n) is 6.14. The van der Waals surface area contributed by atoms with Gasteiger partial charge in [0.15, 0.2) is 5.60 Å². The number of hydrogen-bond donors (Lipinski definition) is 2. The minimum absolute atomic E-state index is 0.110. The number of aliphatic hydroxyl groups is 1. The summed E-state index contributed by atoms with van der Waals surface area (Å²) in [7, 11) is 0. The lowest BCUT2D eigenvalue weighted by atomic mass is 9.86. The number of carbonyl (C=O) groups excluding carboxylic acids is 1. The molecule has 182 valence electrons. The first kappa shape index (κ1) is 25.4. The Bertz CT molecular complexity index is 1290. The molecule has 0 saturated heterocycles. The monoisotopic (exact) mass is 466 g/mol. The van der Waals surface area contributed by atoms with Crippen LogP contribution in [0.4, 0.5) is 0 Å². The Kier molecular flexibility index (Phi) is 7.46. The fourth-order valence-corrected chi connectivity index (χ4v) is 4.55. The summed E-state index contributed by atoms with van der Waals surface area (Å²) in [5.41, 5.74) is 2.47. The van der Waals surface area contributed by atoms with Gasteiger partial charge in [0, 0.05) is 16.5 Å². The van der Waals surface area contributed by atoms with Crippen LogP contribution in [0.25, 0.3) is 22.3 Å². The molecule has 0 radical (unpaired) electrons. The molecule has 3 aromatic rings. The zero-order chi connectivity index (χ0) is 25.2. The number of pyridine rings is 2. The van der Waals surface area contributed by atoms with Crippen molar-refractivity contribution in [2.24, 2.45) is 0 Å².